The highest BCUT2D eigenvalue weighted by atomic mass is 32.2. The number of nitrogens with zero attached hydrogens (tertiary/aromatic N) is 2. The lowest BCUT2D eigenvalue weighted by molar-refractivity contribution is -0.192. The third-order valence-electron chi connectivity index (χ3n) is 6.83. The highest BCUT2D eigenvalue weighted by molar-refractivity contribution is 7.92. The summed E-state index contributed by atoms with van der Waals surface area (Å²) in [5, 5.41) is 16.6. The number of anilines is 2. The smallest absolute Gasteiger partial charge is 0.478 e. The standard InChI is InChI=1S/C24H31N3O4S.C2HF3O2/c1-18-7-3-4-8-23(18)32(30,31)25-21-17-19(24(28)29)9-10-22(21)27-15-11-20(12-16-27)26-13-5-2-6-14-26;3-2(4,5)1(6)7/h3-4,7-10,17,20,25H,2,5-6,11-16H2,1H3,(H,28,29);(H,6,7). The van der Waals surface area contributed by atoms with E-state index in [-0.39, 0.29) is 10.5 Å². The van der Waals surface area contributed by atoms with Gasteiger partial charge in [0.15, 0.2) is 0 Å². The van der Waals surface area contributed by atoms with Crippen molar-refractivity contribution in [1.29, 1.82) is 0 Å². The number of aromatic carboxylic acids is 1. The van der Waals surface area contributed by atoms with Gasteiger partial charge in [0.1, 0.15) is 0 Å². The number of alkyl halides is 3. The summed E-state index contributed by atoms with van der Waals surface area (Å²) in [6.45, 7) is 5.70. The average molecular weight is 572 g/mol. The molecular formula is C26H32F3N3O6S. The molecule has 2 aliphatic heterocycles. The van der Waals surface area contributed by atoms with Gasteiger partial charge in [0.05, 0.1) is 21.8 Å². The van der Waals surface area contributed by atoms with E-state index in [2.05, 4.69) is 14.5 Å². The second-order valence-corrected chi connectivity index (χ2v) is 11.2. The van der Waals surface area contributed by atoms with Crippen LogP contribution >= 0.6 is 0 Å². The van der Waals surface area contributed by atoms with E-state index in [1.807, 2.05) is 0 Å². The number of likely N-dealkylation sites (tertiary alicyclic amines) is 1. The zero-order chi connectivity index (χ0) is 28.8. The fourth-order valence-electron chi connectivity index (χ4n) is 4.84. The number of sulfonamides is 1. The van der Waals surface area contributed by atoms with Crippen molar-refractivity contribution in [2.45, 2.75) is 56.1 Å². The summed E-state index contributed by atoms with van der Waals surface area (Å²) in [4.78, 5) is 25.4. The van der Waals surface area contributed by atoms with Crippen molar-refractivity contribution in [3.8, 4) is 0 Å². The predicted octanol–water partition coefficient (Wildman–Crippen LogP) is 4.58. The van der Waals surface area contributed by atoms with Gasteiger partial charge in [-0.25, -0.2) is 18.0 Å². The number of aliphatic carboxylic acids is 1. The SMILES string of the molecule is Cc1ccccc1S(=O)(=O)Nc1cc(C(=O)O)ccc1N1CCC(N2CCCCC2)CC1.O=C(O)C(F)(F)F. The Labute approximate surface area is 225 Å². The molecule has 214 valence electrons. The molecule has 0 bridgehead atoms. The maximum atomic E-state index is 13.1. The zero-order valence-corrected chi connectivity index (χ0v) is 22.3. The van der Waals surface area contributed by atoms with E-state index < -0.39 is 28.1 Å². The van der Waals surface area contributed by atoms with Crippen LogP contribution in [-0.4, -0.2) is 73.9 Å². The molecule has 0 unspecified atom stereocenters. The lowest BCUT2D eigenvalue weighted by Crippen LogP contribution is -2.46. The topological polar surface area (TPSA) is 127 Å². The highest BCUT2D eigenvalue weighted by Crippen LogP contribution is 2.33. The summed E-state index contributed by atoms with van der Waals surface area (Å²) < 4.78 is 60.6. The summed E-state index contributed by atoms with van der Waals surface area (Å²) in [5.74, 6) is -3.84. The molecule has 4 rings (SSSR count). The van der Waals surface area contributed by atoms with E-state index in [4.69, 9.17) is 9.90 Å². The molecule has 0 spiro atoms. The Bertz CT molecular complexity index is 1270. The third-order valence-corrected chi connectivity index (χ3v) is 8.35. The minimum Gasteiger partial charge on any atom is -0.478 e. The molecule has 13 heteroatoms. The molecular weight excluding hydrogens is 539 g/mol. The first-order valence-electron chi connectivity index (χ1n) is 12.5. The molecule has 0 atom stereocenters. The van der Waals surface area contributed by atoms with E-state index in [1.165, 1.54) is 38.4 Å². The number of rotatable bonds is 6. The van der Waals surface area contributed by atoms with Crippen molar-refractivity contribution in [3.05, 3.63) is 53.6 Å². The van der Waals surface area contributed by atoms with Gasteiger partial charge in [0.25, 0.3) is 10.0 Å². The monoisotopic (exact) mass is 571 g/mol. The van der Waals surface area contributed by atoms with Crippen LogP contribution in [0.4, 0.5) is 24.5 Å². The van der Waals surface area contributed by atoms with E-state index in [0.717, 1.165) is 31.6 Å². The number of hydrogen-bond acceptors (Lipinski definition) is 6. The summed E-state index contributed by atoms with van der Waals surface area (Å²) in [6, 6.07) is 12.0. The first-order valence-corrected chi connectivity index (χ1v) is 14.0. The molecule has 3 N–H and O–H groups in total. The summed E-state index contributed by atoms with van der Waals surface area (Å²) >= 11 is 0. The molecule has 9 nitrogen and oxygen atoms in total. The number of carboxylic acid groups (broad SMARTS) is 2. The Kier molecular flexibility index (Phi) is 9.83. The van der Waals surface area contributed by atoms with Crippen molar-refractivity contribution >= 4 is 33.3 Å². The van der Waals surface area contributed by atoms with Crippen molar-refractivity contribution < 1.29 is 41.4 Å². The lowest BCUT2D eigenvalue weighted by atomic mass is 9.99. The number of aryl methyl sites for hydroxylation is 1. The van der Waals surface area contributed by atoms with Crippen molar-refractivity contribution in [2.24, 2.45) is 0 Å². The number of halogens is 3. The first-order chi connectivity index (χ1) is 18.3. The van der Waals surface area contributed by atoms with Gasteiger partial charge in [-0.2, -0.15) is 13.2 Å². The van der Waals surface area contributed by atoms with Gasteiger partial charge >= 0.3 is 18.1 Å². The molecule has 2 aromatic carbocycles. The molecule has 0 radical (unpaired) electrons. The van der Waals surface area contributed by atoms with Crippen LogP contribution in [0.1, 0.15) is 48.0 Å². The minimum atomic E-state index is -5.08. The van der Waals surface area contributed by atoms with Gasteiger partial charge < -0.3 is 20.0 Å². The molecule has 2 aromatic rings. The van der Waals surface area contributed by atoms with E-state index >= 15 is 0 Å². The van der Waals surface area contributed by atoms with Gasteiger partial charge in [-0.3, -0.25) is 4.72 Å². The highest BCUT2D eigenvalue weighted by Gasteiger charge is 2.38. The molecule has 2 fully saturated rings. The Morgan fingerprint density at radius 2 is 1.54 bits per heavy atom. The van der Waals surface area contributed by atoms with Crippen molar-refractivity contribution in [3.63, 3.8) is 0 Å². The second kappa shape index (κ2) is 12.7. The van der Waals surface area contributed by atoms with Gasteiger partial charge in [0, 0.05) is 19.1 Å². The van der Waals surface area contributed by atoms with Crippen LogP contribution < -0.4 is 9.62 Å². The molecule has 39 heavy (non-hydrogen) atoms. The van der Waals surface area contributed by atoms with Crippen LogP contribution in [0.25, 0.3) is 0 Å². The Morgan fingerprint density at radius 1 is 0.949 bits per heavy atom. The number of nitrogens with one attached hydrogen (secondary N) is 1. The maximum Gasteiger partial charge on any atom is 0.490 e. The summed E-state index contributed by atoms with van der Waals surface area (Å²) in [7, 11) is -3.85. The molecule has 0 amide bonds. The van der Waals surface area contributed by atoms with E-state index in [9.17, 15) is 31.5 Å². The molecule has 0 aromatic heterocycles. The van der Waals surface area contributed by atoms with Crippen molar-refractivity contribution in [1.82, 2.24) is 4.90 Å². The molecule has 2 aliphatic rings. The van der Waals surface area contributed by atoms with Crippen LogP contribution in [0.5, 0.6) is 0 Å². The van der Waals surface area contributed by atoms with Gasteiger partial charge in [-0.1, -0.05) is 24.6 Å². The number of carboxylic acids is 2. The average Bonchev–Trinajstić information content (AvgIpc) is 2.89. The zero-order valence-electron chi connectivity index (χ0n) is 21.4. The fourth-order valence-corrected chi connectivity index (χ4v) is 6.15. The van der Waals surface area contributed by atoms with Gasteiger partial charge in [-0.15, -0.1) is 0 Å². The number of hydrogen-bond donors (Lipinski definition) is 3. The predicted molar refractivity (Wildman–Crippen MR) is 140 cm³/mol. The first kappa shape index (κ1) is 30.2. The Morgan fingerprint density at radius 3 is 2.08 bits per heavy atom. The molecule has 2 saturated heterocycles. The minimum absolute atomic E-state index is 0.0550. The maximum absolute atomic E-state index is 13.1. The number of carbonyl (C=O) groups is 2. The van der Waals surface area contributed by atoms with Gasteiger partial charge in [0.2, 0.25) is 0 Å². The lowest BCUT2D eigenvalue weighted by Gasteiger charge is -2.41. The quantitative estimate of drug-likeness (QED) is 0.460. The van der Waals surface area contributed by atoms with E-state index in [1.54, 1.807) is 43.3 Å². The fraction of sp³-hybridized carbons (Fsp3) is 0.462. The van der Waals surface area contributed by atoms with Gasteiger partial charge in [-0.05, 0) is 75.5 Å². The van der Waals surface area contributed by atoms with E-state index in [0.29, 0.717) is 17.3 Å². The Hall–Kier alpha value is -3.32. The van der Waals surface area contributed by atoms with Crippen LogP contribution in [0, 0.1) is 6.92 Å². The normalized spacial score (nSPS) is 17.2. The summed E-state index contributed by atoms with van der Waals surface area (Å²) in [5.41, 5.74) is 1.73. The second-order valence-electron chi connectivity index (χ2n) is 9.53. The molecule has 2 heterocycles. The Balaban J connectivity index is 0.000000532. The van der Waals surface area contributed by atoms with Crippen LogP contribution in [0.2, 0.25) is 0 Å². The number of benzene rings is 2. The largest absolute Gasteiger partial charge is 0.490 e. The van der Waals surface area contributed by atoms with Crippen LogP contribution in [0.3, 0.4) is 0 Å². The van der Waals surface area contributed by atoms with Crippen molar-refractivity contribution in [2.75, 3.05) is 35.8 Å². The van der Waals surface area contributed by atoms with Crippen LogP contribution in [-0.2, 0) is 14.8 Å². The third kappa shape index (κ3) is 8.09. The molecule has 0 aliphatic carbocycles. The molecule has 0 saturated carbocycles. The number of piperidine rings is 2. The van der Waals surface area contributed by atoms with Crippen LogP contribution in [0.15, 0.2) is 47.4 Å². The summed E-state index contributed by atoms with van der Waals surface area (Å²) in [6.07, 6.45) is 0.800.